The zero-order valence-electron chi connectivity index (χ0n) is 35.3. The molecule has 21 heteroatoms. The van der Waals surface area contributed by atoms with Gasteiger partial charge in [0.15, 0.2) is 15.7 Å². The van der Waals surface area contributed by atoms with Crippen LogP contribution in [-0.4, -0.2) is 63.0 Å². The van der Waals surface area contributed by atoms with Crippen molar-refractivity contribution in [3.8, 4) is 11.1 Å². The van der Waals surface area contributed by atoms with E-state index in [9.17, 15) is 39.2 Å². The number of rotatable bonds is 17. The molecule has 0 bridgehead atoms. The Morgan fingerprint density at radius 2 is 1.64 bits per heavy atom. The quantitative estimate of drug-likeness (QED) is 0.0880. The van der Waals surface area contributed by atoms with Crippen molar-refractivity contribution in [2.45, 2.75) is 113 Å². The molecule has 0 radical (unpaired) electrons. The Hall–Kier alpha value is -4.69. The number of sulfonamides is 1. The number of anilines is 1. The van der Waals surface area contributed by atoms with Crippen LogP contribution in [0.2, 0.25) is 5.02 Å². The van der Waals surface area contributed by atoms with Gasteiger partial charge in [-0.15, -0.1) is 0 Å². The Bertz CT molecular complexity index is 2890. The molecular weight excluding hydrogens is 908 g/mol. The van der Waals surface area contributed by atoms with E-state index in [-0.39, 0.29) is 70.4 Å². The lowest BCUT2D eigenvalue weighted by molar-refractivity contribution is -0.122. The van der Waals surface area contributed by atoms with Gasteiger partial charge < -0.3 is 5.32 Å². The summed E-state index contributed by atoms with van der Waals surface area (Å²) >= 11 is 6.74. The van der Waals surface area contributed by atoms with Gasteiger partial charge in [0, 0.05) is 48.8 Å². The lowest BCUT2D eigenvalue weighted by Crippen LogP contribution is -2.36. The van der Waals surface area contributed by atoms with E-state index in [2.05, 4.69) is 20.2 Å². The number of amides is 1. The highest BCUT2D eigenvalue weighted by molar-refractivity contribution is 7.93. The van der Waals surface area contributed by atoms with Gasteiger partial charge in [-0.05, 0) is 101 Å². The molecular formula is C43H46ClF6N7O5S2. The number of hydrogen-bond donors (Lipinski definition) is 2. The standard InChI is InChI=1S/C43H46ClF6N7O5S2/c1-41(2,64(61,62)28-8-9-28)15-13-27-7-10-29(30-11-12-32(44)35-37(30)56(4)54-40(35)55-63(59,60)22-23-5-6-23)36(51-27)33(19-24-17-25(45)20-26(46)18-24)52-34(58)21-57-39-31(14-16-43(39,49)50)38(53-57)42(3,47)48/h7,10-12,17-18,20,23,28,33H,5-6,8-9,13-16,19,21-22H2,1-4H3,(H,52,58)(H,54,55)/t33-/m0/s1. The van der Waals surface area contributed by atoms with E-state index in [1.165, 1.54) is 10.7 Å². The van der Waals surface area contributed by atoms with E-state index in [0.717, 1.165) is 25.0 Å². The van der Waals surface area contributed by atoms with Gasteiger partial charge >= 0.3 is 0 Å². The maximum Gasteiger partial charge on any atom is 0.290 e. The molecule has 3 aromatic heterocycles. The molecule has 1 atom stereocenters. The Labute approximate surface area is 371 Å². The SMILES string of the molecule is Cn1nc(NS(=O)(=O)CC2CC2)c2c(Cl)ccc(-c3ccc(CCC(C)(C)S(=O)(=O)C4CC4)nc3[C@H](Cc3cc(F)cc(F)c3)NC(=O)Cn3nc(C(C)(F)F)c4c3C(F)(F)CC4)c21. The summed E-state index contributed by atoms with van der Waals surface area (Å²) in [6, 6.07) is 7.83. The summed E-state index contributed by atoms with van der Waals surface area (Å²) in [6.07, 6.45) is 1.47. The third-order valence-electron chi connectivity index (χ3n) is 12.2. The predicted octanol–water partition coefficient (Wildman–Crippen LogP) is 8.45. The first-order valence-electron chi connectivity index (χ1n) is 20.8. The van der Waals surface area contributed by atoms with Gasteiger partial charge in [-0.25, -0.2) is 25.6 Å². The second kappa shape index (κ2) is 16.3. The third-order valence-corrected chi connectivity index (χ3v) is 17.0. The summed E-state index contributed by atoms with van der Waals surface area (Å²) in [5, 5.41) is 10.9. The van der Waals surface area contributed by atoms with Crippen molar-refractivity contribution in [1.29, 1.82) is 0 Å². The van der Waals surface area contributed by atoms with E-state index in [4.69, 9.17) is 16.6 Å². The first-order valence-corrected chi connectivity index (χ1v) is 24.4. The smallest absolute Gasteiger partial charge is 0.290 e. The maximum absolute atomic E-state index is 15.2. The second-order valence-electron chi connectivity index (χ2n) is 17.9. The zero-order chi connectivity index (χ0) is 46.3. The number of pyridine rings is 1. The number of carbonyl (C=O) groups excluding carboxylic acids is 1. The van der Waals surface area contributed by atoms with Crippen LogP contribution in [0.25, 0.3) is 22.0 Å². The first kappa shape index (κ1) is 45.9. The average molecular weight is 954 g/mol. The van der Waals surface area contributed by atoms with E-state index in [1.807, 2.05) is 0 Å². The molecule has 1 amide bonds. The molecule has 12 nitrogen and oxygen atoms in total. The van der Waals surface area contributed by atoms with Gasteiger partial charge in [0.1, 0.15) is 29.6 Å². The lowest BCUT2D eigenvalue weighted by atomic mass is 9.93. The zero-order valence-corrected chi connectivity index (χ0v) is 37.7. The molecule has 3 aliphatic carbocycles. The Morgan fingerprint density at radius 3 is 2.28 bits per heavy atom. The molecule has 0 aliphatic heterocycles. The van der Waals surface area contributed by atoms with Crippen molar-refractivity contribution < 1.29 is 48.0 Å². The molecule has 2 saturated carbocycles. The van der Waals surface area contributed by atoms with Crippen LogP contribution in [0.1, 0.15) is 99.2 Å². The van der Waals surface area contributed by atoms with Crippen LogP contribution >= 0.6 is 11.6 Å². The highest BCUT2D eigenvalue weighted by Crippen LogP contribution is 2.46. The number of hydrogen-bond acceptors (Lipinski definition) is 8. The number of sulfone groups is 1. The number of carbonyl (C=O) groups is 1. The van der Waals surface area contributed by atoms with Crippen molar-refractivity contribution in [3.63, 3.8) is 0 Å². The minimum absolute atomic E-state index is 0.0177. The number of aryl methyl sites for hydroxylation is 2. The molecule has 5 aromatic rings. The minimum atomic E-state index is -3.84. The fraction of sp³-hybridized carbons (Fsp3) is 0.488. The highest BCUT2D eigenvalue weighted by Gasteiger charge is 2.49. The van der Waals surface area contributed by atoms with Gasteiger partial charge in [-0.1, -0.05) is 23.7 Å². The largest absolute Gasteiger partial charge is 0.346 e. The number of halogens is 7. The van der Waals surface area contributed by atoms with Crippen molar-refractivity contribution in [2.75, 3.05) is 10.5 Å². The normalized spacial score (nSPS) is 17.2. The van der Waals surface area contributed by atoms with Crippen LogP contribution in [0.5, 0.6) is 0 Å². The van der Waals surface area contributed by atoms with Gasteiger partial charge in [0.05, 0.1) is 43.4 Å². The van der Waals surface area contributed by atoms with Crippen molar-refractivity contribution in [3.05, 3.63) is 93.0 Å². The molecule has 8 rings (SSSR count). The summed E-state index contributed by atoms with van der Waals surface area (Å²) in [4.78, 5) is 19.1. The summed E-state index contributed by atoms with van der Waals surface area (Å²) in [5.74, 6) is -10.2. The van der Waals surface area contributed by atoms with E-state index in [0.29, 0.717) is 52.9 Å². The molecule has 2 N–H and O–H groups in total. The number of benzene rings is 2. The molecule has 344 valence electrons. The Kier molecular flexibility index (Phi) is 11.7. The van der Waals surface area contributed by atoms with E-state index < -0.39 is 89.6 Å². The van der Waals surface area contributed by atoms with Gasteiger partial charge in [-0.3, -0.25) is 23.9 Å². The van der Waals surface area contributed by atoms with Crippen LogP contribution in [0, 0.1) is 17.6 Å². The number of alkyl halides is 4. The van der Waals surface area contributed by atoms with Crippen molar-refractivity contribution in [2.24, 2.45) is 13.0 Å². The molecule has 64 heavy (non-hydrogen) atoms. The van der Waals surface area contributed by atoms with Crippen LogP contribution in [0.15, 0.2) is 42.5 Å². The predicted molar refractivity (Wildman–Crippen MR) is 228 cm³/mol. The molecule has 3 heterocycles. The molecule has 0 unspecified atom stereocenters. The topological polar surface area (TPSA) is 158 Å². The fourth-order valence-corrected chi connectivity index (χ4v) is 12.3. The van der Waals surface area contributed by atoms with Crippen LogP contribution in [0.4, 0.5) is 32.2 Å². The van der Waals surface area contributed by atoms with E-state index in [1.54, 1.807) is 39.1 Å². The Balaban J connectivity index is 1.25. The van der Waals surface area contributed by atoms with Crippen LogP contribution < -0.4 is 10.0 Å². The van der Waals surface area contributed by atoms with Crippen molar-refractivity contribution in [1.82, 2.24) is 29.9 Å². The Morgan fingerprint density at radius 1 is 0.969 bits per heavy atom. The third kappa shape index (κ3) is 9.23. The highest BCUT2D eigenvalue weighted by atomic mass is 35.5. The van der Waals surface area contributed by atoms with Gasteiger partial charge in [0.25, 0.3) is 11.8 Å². The molecule has 0 spiro atoms. The molecule has 3 aliphatic rings. The van der Waals surface area contributed by atoms with Crippen LogP contribution in [-0.2, 0) is 69.4 Å². The summed E-state index contributed by atoms with van der Waals surface area (Å²) < 4.78 is 146. The van der Waals surface area contributed by atoms with Gasteiger partial charge in [0.2, 0.25) is 15.9 Å². The minimum Gasteiger partial charge on any atom is -0.346 e. The molecule has 2 aromatic carbocycles. The second-order valence-corrected chi connectivity index (χ2v) is 22.9. The summed E-state index contributed by atoms with van der Waals surface area (Å²) in [5.41, 5.74) is -0.544. The van der Waals surface area contributed by atoms with Crippen molar-refractivity contribution >= 4 is 54.1 Å². The summed E-state index contributed by atoms with van der Waals surface area (Å²) in [7, 11) is -5.79. The summed E-state index contributed by atoms with van der Waals surface area (Å²) in [6.45, 7) is 2.85. The average Bonchev–Trinajstić information content (AvgIpc) is 4.11. The fourth-order valence-electron chi connectivity index (χ4n) is 8.57. The number of nitrogens with zero attached hydrogens (tertiary/aromatic N) is 5. The monoisotopic (exact) mass is 953 g/mol. The number of fused-ring (bicyclic) bond motifs is 2. The molecule has 0 saturated heterocycles. The number of nitrogens with one attached hydrogen (secondary N) is 2. The van der Waals surface area contributed by atoms with Gasteiger partial charge in [-0.2, -0.15) is 27.8 Å². The number of aromatic nitrogens is 5. The lowest BCUT2D eigenvalue weighted by Gasteiger charge is -2.26. The maximum atomic E-state index is 15.2. The first-order chi connectivity index (χ1) is 29.8. The molecule has 2 fully saturated rings. The van der Waals surface area contributed by atoms with Crippen LogP contribution in [0.3, 0.4) is 0 Å². The van der Waals surface area contributed by atoms with E-state index >= 15 is 8.78 Å².